The molecule has 0 spiro atoms. The van der Waals surface area contributed by atoms with E-state index in [1.165, 1.54) is 0 Å². The Labute approximate surface area is 131 Å². The van der Waals surface area contributed by atoms with Crippen molar-refractivity contribution in [2.24, 2.45) is 5.92 Å². The van der Waals surface area contributed by atoms with Crippen LogP contribution in [0, 0.1) is 5.92 Å². The molecule has 0 fully saturated rings. The molecule has 0 aliphatic rings. The second-order valence-corrected chi connectivity index (χ2v) is 6.39. The second-order valence-electron chi connectivity index (χ2n) is 6.39. The topological polar surface area (TPSA) is 61.8 Å². The largest absolute Gasteiger partial charge is 0.482 e. The van der Waals surface area contributed by atoms with Gasteiger partial charge in [0.05, 0.1) is 12.2 Å². The number of carbonyl (C=O) groups excluding carboxylic acids is 2. The highest BCUT2D eigenvalue weighted by atomic mass is 16.6. The summed E-state index contributed by atoms with van der Waals surface area (Å²) >= 11 is 0. The maximum absolute atomic E-state index is 11.7. The molecule has 0 amide bonds. The van der Waals surface area contributed by atoms with Crippen molar-refractivity contribution in [1.29, 1.82) is 0 Å². The molecule has 0 saturated carbocycles. The Balaban J connectivity index is 2.48. The highest BCUT2D eigenvalue weighted by molar-refractivity contribution is 5.89. The summed E-state index contributed by atoms with van der Waals surface area (Å²) in [4.78, 5) is 23.3. The van der Waals surface area contributed by atoms with E-state index >= 15 is 0 Å². The lowest BCUT2D eigenvalue weighted by atomic mass is 10.2. The highest BCUT2D eigenvalue weighted by Crippen LogP contribution is 2.14. The predicted molar refractivity (Wildman–Crippen MR) is 82.9 cm³/mol. The number of ether oxygens (including phenoxy) is 3. The fourth-order valence-electron chi connectivity index (χ4n) is 1.53. The molecule has 22 heavy (non-hydrogen) atoms. The summed E-state index contributed by atoms with van der Waals surface area (Å²) < 4.78 is 15.6. The summed E-state index contributed by atoms with van der Waals surface area (Å²) in [6.07, 6.45) is 0. The van der Waals surface area contributed by atoms with E-state index < -0.39 is 11.6 Å². The molecule has 0 bridgehead atoms. The monoisotopic (exact) mass is 308 g/mol. The molecular formula is C17H24O5. The van der Waals surface area contributed by atoms with Gasteiger partial charge in [0.15, 0.2) is 6.61 Å². The molecule has 1 aromatic rings. The molecule has 0 unspecified atom stereocenters. The SMILES string of the molecule is CC(C)COC(=O)c1ccc(OCC(=O)OC(C)(C)C)cc1. The summed E-state index contributed by atoms with van der Waals surface area (Å²) in [6.45, 7) is 9.54. The van der Waals surface area contributed by atoms with E-state index in [0.717, 1.165) is 0 Å². The van der Waals surface area contributed by atoms with Gasteiger partial charge in [0.25, 0.3) is 0 Å². The minimum atomic E-state index is -0.537. The van der Waals surface area contributed by atoms with Crippen LogP contribution in [-0.2, 0) is 14.3 Å². The molecule has 0 atom stereocenters. The lowest BCUT2D eigenvalue weighted by molar-refractivity contribution is -0.157. The van der Waals surface area contributed by atoms with E-state index in [1.54, 1.807) is 45.0 Å². The lowest BCUT2D eigenvalue weighted by Crippen LogP contribution is -2.27. The van der Waals surface area contributed by atoms with Crippen LogP contribution >= 0.6 is 0 Å². The fraction of sp³-hybridized carbons (Fsp3) is 0.529. The number of esters is 2. The molecule has 5 nitrogen and oxygen atoms in total. The minimum Gasteiger partial charge on any atom is -0.482 e. The molecule has 5 heteroatoms. The van der Waals surface area contributed by atoms with Gasteiger partial charge in [-0.15, -0.1) is 0 Å². The van der Waals surface area contributed by atoms with Crippen LogP contribution in [0.1, 0.15) is 45.0 Å². The van der Waals surface area contributed by atoms with Crippen LogP contribution in [-0.4, -0.2) is 30.8 Å². The maximum atomic E-state index is 11.7. The lowest BCUT2D eigenvalue weighted by Gasteiger charge is -2.19. The molecule has 1 aromatic carbocycles. The van der Waals surface area contributed by atoms with Crippen molar-refractivity contribution in [2.45, 2.75) is 40.2 Å². The van der Waals surface area contributed by atoms with Gasteiger partial charge in [0, 0.05) is 0 Å². The second kappa shape index (κ2) is 7.82. The third-order valence-electron chi connectivity index (χ3n) is 2.41. The summed E-state index contributed by atoms with van der Waals surface area (Å²) in [7, 11) is 0. The Morgan fingerprint density at radius 2 is 1.68 bits per heavy atom. The van der Waals surface area contributed by atoms with Crippen LogP contribution < -0.4 is 4.74 Å². The predicted octanol–water partition coefficient (Wildman–Crippen LogP) is 3.22. The zero-order valence-corrected chi connectivity index (χ0v) is 13.8. The maximum Gasteiger partial charge on any atom is 0.344 e. The first-order valence-corrected chi connectivity index (χ1v) is 7.29. The average molecular weight is 308 g/mol. The summed E-state index contributed by atoms with van der Waals surface area (Å²) in [5.74, 6) is -0.0213. The van der Waals surface area contributed by atoms with Gasteiger partial charge >= 0.3 is 11.9 Å². The molecular weight excluding hydrogens is 284 g/mol. The normalized spacial score (nSPS) is 11.2. The average Bonchev–Trinajstić information content (AvgIpc) is 2.41. The van der Waals surface area contributed by atoms with Gasteiger partial charge in [-0.25, -0.2) is 9.59 Å². The summed E-state index contributed by atoms with van der Waals surface area (Å²) in [5.41, 5.74) is -0.0879. The van der Waals surface area contributed by atoms with Crippen molar-refractivity contribution in [1.82, 2.24) is 0 Å². The molecule has 122 valence electrons. The number of carbonyl (C=O) groups is 2. The van der Waals surface area contributed by atoms with Crippen LogP contribution in [0.15, 0.2) is 24.3 Å². The third-order valence-corrected chi connectivity index (χ3v) is 2.41. The Kier molecular flexibility index (Phi) is 6.40. The molecule has 0 N–H and O–H groups in total. The highest BCUT2D eigenvalue weighted by Gasteiger charge is 2.16. The van der Waals surface area contributed by atoms with Crippen molar-refractivity contribution >= 4 is 11.9 Å². The van der Waals surface area contributed by atoms with Gasteiger partial charge in [0.1, 0.15) is 11.4 Å². The van der Waals surface area contributed by atoms with E-state index in [4.69, 9.17) is 14.2 Å². The summed E-state index contributed by atoms with van der Waals surface area (Å²) in [5, 5.41) is 0. The standard InChI is InChI=1S/C17H24O5/c1-12(2)10-21-16(19)13-6-8-14(9-7-13)20-11-15(18)22-17(3,4)5/h6-9,12H,10-11H2,1-5H3. The van der Waals surface area contributed by atoms with Crippen molar-refractivity contribution in [3.63, 3.8) is 0 Å². The number of hydrogen-bond acceptors (Lipinski definition) is 5. The van der Waals surface area contributed by atoms with Gasteiger partial charge < -0.3 is 14.2 Å². The van der Waals surface area contributed by atoms with Gasteiger partial charge in [-0.1, -0.05) is 13.8 Å². The van der Waals surface area contributed by atoms with Crippen molar-refractivity contribution in [2.75, 3.05) is 13.2 Å². The Hall–Kier alpha value is -2.04. The fourth-order valence-corrected chi connectivity index (χ4v) is 1.53. The number of hydrogen-bond donors (Lipinski definition) is 0. The van der Waals surface area contributed by atoms with Gasteiger partial charge in [0.2, 0.25) is 0 Å². The first-order chi connectivity index (χ1) is 10.2. The van der Waals surface area contributed by atoms with Crippen LogP contribution in [0.5, 0.6) is 5.75 Å². The van der Waals surface area contributed by atoms with Crippen LogP contribution in [0.4, 0.5) is 0 Å². The molecule has 0 aliphatic heterocycles. The van der Waals surface area contributed by atoms with Crippen molar-refractivity contribution < 1.29 is 23.8 Å². The molecule has 0 aliphatic carbocycles. The quantitative estimate of drug-likeness (QED) is 0.755. The summed E-state index contributed by atoms with van der Waals surface area (Å²) in [6, 6.07) is 6.45. The molecule has 0 saturated heterocycles. The molecule has 1 rings (SSSR count). The zero-order valence-electron chi connectivity index (χ0n) is 13.8. The number of benzene rings is 1. The van der Waals surface area contributed by atoms with Gasteiger partial charge in [-0.2, -0.15) is 0 Å². The van der Waals surface area contributed by atoms with Crippen molar-refractivity contribution in [3.05, 3.63) is 29.8 Å². The number of rotatable bonds is 6. The third kappa shape index (κ3) is 7.11. The van der Waals surface area contributed by atoms with E-state index in [0.29, 0.717) is 23.8 Å². The molecule has 0 heterocycles. The van der Waals surface area contributed by atoms with E-state index in [9.17, 15) is 9.59 Å². The first kappa shape index (κ1) is 18.0. The molecule has 0 radical (unpaired) electrons. The molecule has 0 aromatic heterocycles. The minimum absolute atomic E-state index is 0.172. The zero-order chi connectivity index (χ0) is 16.8. The van der Waals surface area contributed by atoms with Crippen LogP contribution in [0.3, 0.4) is 0 Å². The van der Waals surface area contributed by atoms with E-state index in [1.807, 2.05) is 13.8 Å². The van der Waals surface area contributed by atoms with Crippen molar-refractivity contribution in [3.8, 4) is 5.75 Å². The smallest absolute Gasteiger partial charge is 0.344 e. The van der Waals surface area contributed by atoms with E-state index in [-0.39, 0.29) is 12.6 Å². The van der Waals surface area contributed by atoms with E-state index in [2.05, 4.69) is 0 Å². The Morgan fingerprint density at radius 1 is 1.09 bits per heavy atom. The van der Waals surface area contributed by atoms with Crippen LogP contribution in [0.25, 0.3) is 0 Å². The first-order valence-electron chi connectivity index (χ1n) is 7.29. The van der Waals surface area contributed by atoms with Gasteiger partial charge in [-0.05, 0) is 51.0 Å². The Bertz CT molecular complexity index is 497. The van der Waals surface area contributed by atoms with Crippen LogP contribution in [0.2, 0.25) is 0 Å². The Morgan fingerprint density at radius 3 is 2.18 bits per heavy atom. The van der Waals surface area contributed by atoms with Gasteiger partial charge in [-0.3, -0.25) is 0 Å².